The standard InChI is InChI=1S/C5H12N2O2Se/c6-1-2-10-3-4(7)5(8)9/h4H,1-3,6-7H2,(H,8,9)/t4-/m0/s1/i10-4. The average molecular weight is 207 g/mol. The summed E-state index contributed by atoms with van der Waals surface area (Å²) in [7, 11) is 0. The van der Waals surface area contributed by atoms with E-state index in [2.05, 4.69) is 0 Å². The predicted molar refractivity (Wildman–Crippen MR) is 40.0 cm³/mol. The number of hydrogen-bond acceptors (Lipinski definition) is 3. The second-order valence-corrected chi connectivity index (χ2v) is 4.22. The van der Waals surface area contributed by atoms with Gasteiger partial charge >= 0.3 is 65.5 Å². The van der Waals surface area contributed by atoms with Crippen molar-refractivity contribution in [3.8, 4) is 0 Å². The third kappa shape index (κ3) is 4.76. The van der Waals surface area contributed by atoms with E-state index in [0.717, 1.165) is 5.32 Å². The maximum atomic E-state index is 10.1. The first-order valence-electron chi connectivity index (χ1n) is 2.94. The summed E-state index contributed by atoms with van der Waals surface area (Å²) in [5.74, 6) is -0.918. The van der Waals surface area contributed by atoms with E-state index < -0.39 is 12.0 Å². The Morgan fingerprint density at radius 3 is 2.70 bits per heavy atom. The van der Waals surface area contributed by atoms with Crippen molar-refractivity contribution >= 4 is 20.9 Å². The van der Waals surface area contributed by atoms with E-state index in [1.54, 1.807) is 0 Å². The molecule has 0 radical (unpaired) electrons. The monoisotopic (exact) mass is 207 g/mol. The first-order valence-corrected chi connectivity index (χ1v) is 5.37. The molecule has 0 spiro atoms. The number of carbonyl (C=O) groups is 1. The molecule has 60 valence electrons. The summed E-state index contributed by atoms with van der Waals surface area (Å²) in [6, 6.07) is -0.688. The van der Waals surface area contributed by atoms with Crippen LogP contribution in [-0.2, 0) is 4.79 Å². The van der Waals surface area contributed by atoms with Crippen LogP contribution in [0.5, 0.6) is 0 Å². The number of rotatable bonds is 5. The topological polar surface area (TPSA) is 89.3 Å². The minimum absolute atomic E-state index is 0.298. The van der Waals surface area contributed by atoms with E-state index in [9.17, 15) is 4.79 Å². The van der Waals surface area contributed by atoms with Crippen LogP contribution in [0.4, 0.5) is 0 Å². The van der Waals surface area contributed by atoms with Crippen LogP contribution in [0, 0.1) is 0 Å². The van der Waals surface area contributed by atoms with Crippen LogP contribution in [0.3, 0.4) is 0 Å². The van der Waals surface area contributed by atoms with Crippen LogP contribution in [0.25, 0.3) is 0 Å². The van der Waals surface area contributed by atoms with Crippen molar-refractivity contribution in [3.05, 3.63) is 0 Å². The first kappa shape index (κ1) is 9.91. The molecule has 0 aliphatic rings. The molecular formula is C5H12N2O2Se. The molecule has 0 saturated carbocycles. The van der Waals surface area contributed by atoms with Gasteiger partial charge in [0, 0.05) is 0 Å². The summed E-state index contributed by atoms with van der Waals surface area (Å²) in [5, 5.41) is 9.83. The molecule has 5 heteroatoms. The summed E-state index contributed by atoms with van der Waals surface area (Å²) >= 11 is 0.298. The van der Waals surface area contributed by atoms with E-state index in [0.29, 0.717) is 26.8 Å². The van der Waals surface area contributed by atoms with Crippen molar-refractivity contribution in [1.29, 1.82) is 0 Å². The average Bonchev–Trinajstić information content (AvgIpc) is 1.88. The molecule has 0 aliphatic heterocycles. The molecule has 0 aliphatic carbocycles. The van der Waals surface area contributed by atoms with E-state index in [1.165, 1.54) is 0 Å². The third-order valence-electron chi connectivity index (χ3n) is 0.877. The molecule has 0 fully saturated rings. The Balaban J connectivity index is 3.21. The molecule has 0 saturated heterocycles. The molecule has 0 bridgehead atoms. The number of nitrogens with two attached hydrogens (primary N) is 2. The molecule has 1 atom stereocenters. The number of carboxylic acid groups (broad SMARTS) is 1. The summed E-state index contributed by atoms with van der Waals surface area (Å²) in [5.41, 5.74) is 10.5. The fourth-order valence-electron chi connectivity index (χ4n) is 0.365. The van der Waals surface area contributed by atoms with Gasteiger partial charge in [0.25, 0.3) is 0 Å². The molecule has 0 unspecified atom stereocenters. The molecule has 10 heavy (non-hydrogen) atoms. The first-order chi connectivity index (χ1) is 4.68. The number of carboxylic acids is 1. The molecular weight excluding hydrogens is 195 g/mol. The zero-order valence-electron chi connectivity index (χ0n) is 5.62. The minimum atomic E-state index is -0.918. The van der Waals surface area contributed by atoms with Gasteiger partial charge in [0.1, 0.15) is 0 Å². The Bertz CT molecular complexity index is 110. The van der Waals surface area contributed by atoms with E-state index >= 15 is 0 Å². The number of aliphatic carboxylic acids is 1. The summed E-state index contributed by atoms with van der Waals surface area (Å²) in [6.45, 7) is 0.631. The maximum absolute atomic E-state index is 10.1. The SMILES string of the molecule is NCC[75Se]C[C@H](N)C(=O)O. The van der Waals surface area contributed by atoms with Gasteiger partial charge in [-0.05, 0) is 0 Å². The summed E-state index contributed by atoms with van der Waals surface area (Å²) in [6.07, 6.45) is 0. The zero-order valence-corrected chi connectivity index (χ0v) is 7.33. The van der Waals surface area contributed by atoms with Gasteiger partial charge in [-0.1, -0.05) is 0 Å². The van der Waals surface area contributed by atoms with Crippen LogP contribution in [-0.4, -0.2) is 38.6 Å². The fourth-order valence-corrected chi connectivity index (χ4v) is 1.90. The second-order valence-electron chi connectivity index (χ2n) is 1.81. The van der Waals surface area contributed by atoms with Gasteiger partial charge in [0.05, 0.1) is 0 Å². The zero-order chi connectivity index (χ0) is 7.98. The Kier molecular flexibility index (Phi) is 5.62. The van der Waals surface area contributed by atoms with Crippen molar-refractivity contribution in [3.63, 3.8) is 0 Å². The Morgan fingerprint density at radius 2 is 2.30 bits per heavy atom. The molecule has 0 amide bonds. The molecule has 0 aromatic carbocycles. The van der Waals surface area contributed by atoms with Gasteiger partial charge in [0.2, 0.25) is 0 Å². The van der Waals surface area contributed by atoms with Crippen LogP contribution in [0.2, 0.25) is 10.6 Å². The van der Waals surface area contributed by atoms with Gasteiger partial charge < -0.3 is 0 Å². The molecule has 0 aromatic heterocycles. The van der Waals surface area contributed by atoms with E-state index in [4.69, 9.17) is 16.6 Å². The van der Waals surface area contributed by atoms with Crippen molar-refractivity contribution in [2.45, 2.75) is 16.7 Å². The van der Waals surface area contributed by atoms with Crippen LogP contribution >= 0.6 is 0 Å². The van der Waals surface area contributed by atoms with Crippen molar-refractivity contribution in [2.24, 2.45) is 11.5 Å². The quantitative estimate of drug-likeness (QED) is 0.394. The fraction of sp³-hybridized carbons (Fsp3) is 0.800. The van der Waals surface area contributed by atoms with E-state index in [-0.39, 0.29) is 0 Å². The normalized spacial score (nSPS) is 13.0. The van der Waals surface area contributed by atoms with Gasteiger partial charge in [-0.3, -0.25) is 0 Å². The van der Waals surface area contributed by atoms with Crippen molar-refractivity contribution in [2.75, 3.05) is 6.54 Å². The molecule has 4 nitrogen and oxygen atoms in total. The molecule has 0 aromatic rings. The van der Waals surface area contributed by atoms with Gasteiger partial charge in [-0.25, -0.2) is 0 Å². The van der Waals surface area contributed by atoms with Gasteiger partial charge in [-0.2, -0.15) is 0 Å². The second kappa shape index (κ2) is 5.68. The van der Waals surface area contributed by atoms with Crippen LogP contribution in [0.15, 0.2) is 0 Å². The Labute approximate surface area is 66.1 Å². The third-order valence-corrected chi connectivity index (χ3v) is 3.22. The van der Waals surface area contributed by atoms with Gasteiger partial charge in [-0.15, -0.1) is 0 Å². The van der Waals surface area contributed by atoms with Crippen LogP contribution < -0.4 is 11.5 Å². The molecule has 0 rings (SSSR count). The number of hydrogen-bond donors (Lipinski definition) is 3. The Morgan fingerprint density at radius 1 is 1.70 bits per heavy atom. The Hall–Kier alpha value is -0.0905. The molecule has 5 N–H and O–H groups in total. The van der Waals surface area contributed by atoms with Crippen molar-refractivity contribution < 1.29 is 9.90 Å². The van der Waals surface area contributed by atoms with Crippen molar-refractivity contribution in [1.82, 2.24) is 0 Å². The van der Waals surface area contributed by atoms with E-state index in [1.807, 2.05) is 0 Å². The summed E-state index contributed by atoms with van der Waals surface area (Å²) < 4.78 is 0. The molecule has 0 heterocycles. The summed E-state index contributed by atoms with van der Waals surface area (Å²) in [4.78, 5) is 10.1. The van der Waals surface area contributed by atoms with Crippen LogP contribution in [0.1, 0.15) is 0 Å². The van der Waals surface area contributed by atoms with Gasteiger partial charge in [0.15, 0.2) is 0 Å². The predicted octanol–water partition coefficient (Wildman–Crippen LogP) is -1.10.